The summed E-state index contributed by atoms with van der Waals surface area (Å²) in [7, 11) is 0. The molecule has 1 saturated heterocycles. The van der Waals surface area contributed by atoms with Crippen LogP contribution in [0.25, 0.3) is 0 Å². The number of nitrogens with zero attached hydrogens (tertiary/aromatic N) is 1. The van der Waals surface area contributed by atoms with Crippen molar-refractivity contribution in [2.24, 2.45) is 5.73 Å². The van der Waals surface area contributed by atoms with Crippen LogP contribution in [0.4, 0.5) is 4.79 Å². The van der Waals surface area contributed by atoms with Gasteiger partial charge < -0.3 is 4.74 Å². The van der Waals surface area contributed by atoms with E-state index in [-0.39, 0.29) is 6.73 Å². The topological polar surface area (TPSA) is 67.6 Å². The normalized spacial score (nSPS) is 18.8. The number of hydrogen-bond acceptors (Lipinski definition) is 4. The molecule has 12 heavy (non-hydrogen) atoms. The number of piperidine rings is 1. The molecule has 5 nitrogen and oxygen atoms in total. The summed E-state index contributed by atoms with van der Waals surface area (Å²) >= 11 is 0. The number of carbonyl (C=O) groups is 1. The number of nitrogens with two attached hydrogens (primary N) is 1. The van der Waals surface area contributed by atoms with Gasteiger partial charge in [-0.05, 0) is 12.8 Å². The highest BCUT2D eigenvalue weighted by Crippen LogP contribution is 2.05. The Balaban J connectivity index is 2.15. The van der Waals surface area contributed by atoms with Crippen molar-refractivity contribution in [2.45, 2.75) is 19.3 Å². The molecule has 1 rings (SSSR count). The largest absolute Gasteiger partial charge is 0.433 e. The molecule has 5 heteroatoms. The summed E-state index contributed by atoms with van der Waals surface area (Å²) in [6, 6.07) is 0. The summed E-state index contributed by atoms with van der Waals surface area (Å²) in [5.74, 6) is 0. The van der Waals surface area contributed by atoms with Gasteiger partial charge in [0.25, 0.3) is 0 Å². The van der Waals surface area contributed by atoms with Crippen molar-refractivity contribution in [2.75, 3.05) is 19.8 Å². The number of ether oxygens (including phenoxy) is 1. The first-order valence-corrected chi connectivity index (χ1v) is 4.21. The van der Waals surface area contributed by atoms with Crippen LogP contribution in [0, 0.1) is 0 Å². The summed E-state index contributed by atoms with van der Waals surface area (Å²) in [5, 5.41) is 1.86. The van der Waals surface area contributed by atoms with Crippen LogP contribution in [0.15, 0.2) is 0 Å². The van der Waals surface area contributed by atoms with E-state index in [2.05, 4.69) is 10.2 Å². The fourth-order valence-electron chi connectivity index (χ4n) is 1.24. The zero-order chi connectivity index (χ0) is 8.81. The second-order valence-corrected chi connectivity index (χ2v) is 2.76. The number of amides is 1. The molecule has 0 aliphatic carbocycles. The van der Waals surface area contributed by atoms with Gasteiger partial charge in [-0.2, -0.15) is 0 Å². The molecule has 0 aromatic heterocycles. The standard InChI is InChI=1S/C7H15N3O2/c8-6-12-7(11)9-10-4-2-1-3-5-10/h1-6,8H2,(H,9,11). The zero-order valence-corrected chi connectivity index (χ0v) is 7.08. The van der Waals surface area contributed by atoms with Crippen molar-refractivity contribution >= 4 is 6.09 Å². The third kappa shape index (κ3) is 3.06. The van der Waals surface area contributed by atoms with Gasteiger partial charge in [-0.1, -0.05) is 6.42 Å². The second kappa shape index (κ2) is 4.95. The summed E-state index contributed by atoms with van der Waals surface area (Å²) in [6.07, 6.45) is 3.04. The summed E-state index contributed by atoms with van der Waals surface area (Å²) in [4.78, 5) is 10.9. The van der Waals surface area contributed by atoms with Gasteiger partial charge in [0, 0.05) is 13.1 Å². The lowest BCUT2D eigenvalue weighted by Gasteiger charge is -2.25. The van der Waals surface area contributed by atoms with E-state index in [1.165, 1.54) is 6.42 Å². The minimum atomic E-state index is -0.459. The number of hydrogen-bond donors (Lipinski definition) is 2. The fourth-order valence-corrected chi connectivity index (χ4v) is 1.24. The summed E-state index contributed by atoms with van der Waals surface area (Å²) in [6.45, 7) is 1.74. The van der Waals surface area contributed by atoms with Gasteiger partial charge in [-0.3, -0.25) is 11.2 Å². The first kappa shape index (κ1) is 9.28. The molecule has 3 N–H and O–H groups in total. The van der Waals surface area contributed by atoms with Crippen molar-refractivity contribution in [3.8, 4) is 0 Å². The third-order valence-electron chi connectivity index (χ3n) is 1.82. The predicted octanol–water partition coefficient (Wildman–Crippen LogP) is 0.0297. The molecule has 0 radical (unpaired) electrons. The lowest BCUT2D eigenvalue weighted by Crippen LogP contribution is -2.45. The van der Waals surface area contributed by atoms with E-state index in [0.717, 1.165) is 25.9 Å². The fraction of sp³-hybridized carbons (Fsp3) is 0.857. The molecule has 1 aliphatic rings. The summed E-state index contributed by atoms with van der Waals surface area (Å²) in [5.41, 5.74) is 7.64. The maximum Gasteiger partial charge on any atom is 0.423 e. The molecule has 0 atom stereocenters. The van der Waals surface area contributed by atoms with E-state index in [1.54, 1.807) is 0 Å². The van der Waals surface area contributed by atoms with Crippen LogP contribution in [0.3, 0.4) is 0 Å². The van der Waals surface area contributed by atoms with Crippen molar-refractivity contribution in [3.05, 3.63) is 0 Å². The third-order valence-corrected chi connectivity index (χ3v) is 1.82. The molecule has 0 saturated carbocycles. The maximum absolute atomic E-state index is 10.9. The Morgan fingerprint density at radius 1 is 1.42 bits per heavy atom. The quantitative estimate of drug-likeness (QED) is 0.578. The van der Waals surface area contributed by atoms with E-state index in [0.29, 0.717) is 0 Å². The Morgan fingerprint density at radius 3 is 2.67 bits per heavy atom. The van der Waals surface area contributed by atoms with Gasteiger partial charge in [-0.25, -0.2) is 9.80 Å². The first-order chi connectivity index (χ1) is 5.83. The Hall–Kier alpha value is -0.810. The van der Waals surface area contributed by atoms with Crippen LogP contribution in [0.5, 0.6) is 0 Å². The van der Waals surface area contributed by atoms with E-state index in [9.17, 15) is 4.79 Å². The molecule has 0 aromatic carbocycles. The molecule has 70 valence electrons. The first-order valence-electron chi connectivity index (χ1n) is 4.21. The Morgan fingerprint density at radius 2 is 2.08 bits per heavy atom. The minimum Gasteiger partial charge on any atom is -0.433 e. The van der Waals surface area contributed by atoms with Crippen LogP contribution in [0.2, 0.25) is 0 Å². The van der Waals surface area contributed by atoms with Crippen molar-refractivity contribution in [1.29, 1.82) is 0 Å². The molecule has 1 heterocycles. The van der Waals surface area contributed by atoms with Crippen LogP contribution in [-0.4, -0.2) is 30.9 Å². The Bertz CT molecular complexity index is 146. The molecular weight excluding hydrogens is 158 g/mol. The minimum absolute atomic E-state index is 0.0698. The molecular formula is C7H15N3O2. The van der Waals surface area contributed by atoms with E-state index < -0.39 is 6.09 Å². The molecule has 0 aromatic rings. The molecule has 1 amide bonds. The van der Waals surface area contributed by atoms with Crippen LogP contribution in [-0.2, 0) is 4.74 Å². The highest BCUT2D eigenvalue weighted by molar-refractivity contribution is 5.66. The molecule has 0 unspecified atom stereocenters. The maximum atomic E-state index is 10.9. The highest BCUT2D eigenvalue weighted by atomic mass is 16.6. The number of hydrazine groups is 1. The summed E-state index contributed by atoms with van der Waals surface area (Å²) < 4.78 is 4.53. The van der Waals surface area contributed by atoms with Gasteiger partial charge in [0.1, 0.15) is 6.73 Å². The van der Waals surface area contributed by atoms with E-state index >= 15 is 0 Å². The van der Waals surface area contributed by atoms with Crippen LogP contribution < -0.4 is 11.2 Å². The van der Waals surface area contributed by atoms with Crippen LogP contribution >= 0.6 is 0 Å². The highest BCUT2D eigenvalue weighted by Gasteiger charge is 2.12. The van der Waals surface area contributed by atoms with Crippen molar-refractivity contribution in [1.82, 2.24) is 10.4 Å². The molecule has 0 spiro atoms. The average Bonchev–Trinajstić information content (AvgIpc) is 2.06. The van der Waals surface area contributed by atoms with Crippen molar-refractivity contribution < 1.29 is 9.53 Å². The lowest BCUT2D eigenvalue weighted by atomic mass is 10.2. The zero-order valence-electron chi connectivity index (χ0n) is 7.08. The number of nitrogens with one attached hydrogen (secondary N) is 1. The molecule has 1 aliphatic heterocycles. The van der Waals surface area contributed by atoms with E-state index in [1.807, 2.05) is 5.01 Å². The Labute approximate surface area is 71.8 Å². The predicted molar refractivity (Wildman–Crippen MR) is 44.1 cm³/mol. The van der Waals surface area contributed by atoms with Gasteiger partial charge in [0.15, 0.2) is 0 Å². The SMILES string of the molecule is NCOC(=O)NN1CCCCC1. The van der Waals surface area contributed by atoms with Gasteiger partial charge in [0.05, 0.1) is 0 Å². The molecule has 1 fully saturated rings. The smallest absolute Gasteiger partial charge is 0.423 e. The molecule has 0 bridgehead atoms. The average molecular weight is 173 g/mol. The van der Waals surface area contributed by atoms with Crippen LogP contribution in [0.1, 0.15) is 19.3 Å². The van der Waals surface area contributed by atoms with E-state index in [4.69, 9.17) is 5.73 Å². The monoisotopic (exact) mass is 173 g/mol. The van der Waals surface area contributed by atoms with Gasteiger partial charge in [0.2, 0.25) is 0 Å². The lowest BCUT2D eigenvalue weighted by molar-refractivity contribution is 0.0971. The van der Waals surface area contributed by atoms with Crippen molar-refractivity contribution in [3.63, 3.8) is 0 Å². The van der Waals surface area contributed by atoms with Gasteiger partial charge >= 0.3 is 6.09 Å². The number of carbonyl (C=O) groups excluding carboxylic acids is 1. The number of rotatable bonds is 2. The van der Waals surface area contributed by atoms with Gasteiger partial charge in [-0.15, -0.1) is 0 Å². The Kier molecular flexibility index (Phi) is 3.83. The second-order valence-electron chi connectivity index (χ2n) is 2.76.